The third-order valence-corrected chi connectivity index (χ3v) is 3.32. The van der Waals surface area contributed by atoms with E-state index in [4.69, 9.17) is 5.73 Å². The van der Waals surface area contributed by atoms with Gasteiger partial charge in [0.05, 0.1) is 0 Å². The molecule has 0 radical (unpaired) electrons. The zero-order valence-corrected chi connectivity index (χ0v) is 11.7. The molecule has 1 unspecified atom stereocenters. The summed E-state index contributed by atoms with van der Waals surface area (Å²) >= 11 is 0. The lowest BCUT2D eigenvalue weighted by atomic mass is 9.96. The fourth-order valence-electron chi connectivity index (χ4n) is 2.05. The van der Waals surface area contributed by atoms with E-state index in [9.17, 15) is 0 Å². The van der Waals surface area contributed by atoms with Gasteiger partial charge < -0.3 is 11.1 Å². The molecule has 0 saturated carbocycles. The van der Waals surface area contributed by atoms with Gasteiger partial charge >= 0.3 is 0 Å². The number of benzene rings is 1. The van der Waals surface area contributed by atoms with Gasteiger partial charge in [-0.2, -0.15) is 0 Å². The number of anilines is 1. The summed E-state index contributed by atoms with van der Waals surface area (Å²) in [7, 11) is 0. The normalized spacial score (nSPS) is 13.2. The molecule has 0 spiro atoms. The van der Waals surface area contributed by atoms with E-state index in [2.05, 4.69) is 58.1 Å². The first-order valence-corrected chi connectivity index (χ1v) is 6.53. The standard InChI is InChI=1S/C15H26N2/c1-10(2)13-8-6-7-12(5)15(13)17-14(9-16)11(3)4/h6-8,10-11,14,17H,9,16H2,1-5H3. The summed E-state index contributed by atoms with van der Waals surface area (Å²) in [5.41, 5.74) is 9.79. The van der Waals surface area contributed by atoms with Crippen LogP contribution in [0.1, 0.15) is 44.7 Å². The summed E-state index contributed by atoms with van der Waals surface area (Å²) in [6.45, 7) is 11.7. The van der Waals surface area contributed by atoms with Gasteiger partial charge in [0.1, 0.15) is 0 Å². The highest BCUT2D eigenvalue weighted by Gasteiger charge is 2.15. The molecule has 2 nitrogen and oxygen atoms in total. The molecule has 0 bridgehead atoms. The predicted octanol–water partition coefficient (Wildman–Crippen LogP) is 3.51. The molecule has 0 aliphatic heterocycles. The second kappa shape index (κ2) is 6.06. The van der Waals surface area contributed by atoms with Crippen LogP contribution in [0.25, 0.3) is 0 Å². The van der Waals surface area contributed by atoms with Crippen LogP contribution in [0.5, 0.6) is 0 Å². The number of hydrogen-bond donors (Lipinski definition) is 2. The van der Waals surface area contributed by atoms with Crippen molar-refractivity contribution in [1.82, 2.24) is 0 Å². The minimum absolute atomic E-state index is 0.341. The smallest absolute Gasteiger partial charge is 0.0407 e. The second-order valence-corrected chi connectivity index (χ2v) is 5.42. The Morgan fingerprint density at radius 1 is 1.18 bits per heavy atom. The lowest BCUT2D eigenvalue weighted by Gasteiger charge is -2.26. The summed E-state index contributed by atoms with van der Waals surface area (Å²) in [5, 5.41) is 3.62. The third-order valence-electron chi connectivity index (χ3n) is 3.32. The fraction of sp³-hybridized carbons (Fsp3) is 0.600. The van der Waals surface area contributed by atoms with Crippen molar-refractivity contribution in [3.8, 4) is 0 Å². The molecule has 0 heterocycles. The van der Waals surface area contributed by atoms with Gasteiger partial charge in [-0.3, -0.25) is 0 Å². The van der Waals surface area contributed by atoms with Crippen molar-refractivity contribution in [1.29, 1.82) is 0 Å². The molecule has 0 aliphatic carbocycles. The molecule has 96 valence electrons. The molecule has 2 heteroatoms. The van der Waals surface area contributed by atoms with E-state index in [1.807, 2.05) is 0 Å². The van der Waals surface area contributed by atoms with E-state index in [1.54, 1.807) is 0 Å². The Balaban J connectivity index is 3.03. The fourth-order valence-corrected chi connectivity index (χ4v) is 2.05. The summed E-state index contributed by atoms with van der Waals surface area (Å²) < 4.78 is 0. The number of rotatable bonds is 5. The molecule has 0 amide bonds. The van der Waals surface area contributed by atoms with Crippen LogP contribution in [0.3, 0.4) is 0 Å². The zero-order chi connectivity index (χ0) is 13.0. The quantitative estimate of drug-likeness (QED) is 0.818. The van der Waals surface area contributed by atoms with Crippen LogP contribution >= 0.6 is 0 Å². The summed E-state index contributed by atoms with van der Waals surface area (Å²) in [5.74, 6) is 1.07. The number of nitrogens with one attached hydrogen (secondary N) is 1. The average Bonchev–Trinajstić information content (AvgIpc) is 2.26. The van der Waals surface area contributed by atoms with Crippen molar-refractivity contribution < 1.29 is 0 Å². The van der Waals surface area contributed by atoms with Gasteiger partial charge in [-0.05, 0) is 29.9 Å². The molecular formula is C15H26N2. The molecule has 3 N–H and O–H groups in total. The van der Waals surface area contributed by atoms with Crippen LogP contribution in [0.15, 0.2) is 18.2 Å². The predicted molar refractivity (Wildman–Crippen MR) is 76.6 cm³/mol. The van der Waals surface area contributed by atoms with E-state index >= 15 is 0 Å². The van der Waals surface area contributed by atoms with Gasteiger partial charge in [0.15, 0.2) is 0 Å². The minimum Gasteiger partial charge on any atom is -0.380 e. The third kappa shape index (κ3) is 3.47. The molecule has 1 atom stereocenters. The molecule has 17 heavy (non-hydrogen) atoms. The number of para-hydroxylation sites is 1. The van der Waals surface area contributed by atoms with E-state index in [0.29, 0.717) is 24.4 Å². The Morgan fingerprint density at radius 2 is 1.82 bits per heavy atom. The van der Waals surface area contributed by atoms with Crippen LogP contribution in [0, 0.1) is 12.8 Å². The van der Waals surface area contributed by atoms with Crippen LogP contribution in [0.4, 0.5) is 5.69 Å². The second-order valence-electron chi connectivity index (χ2n) is 5.42. The first-order valence-electron chi connectivity index (χ1n) is 6.53. The molecule has 1 aromatic carbocycles. The van der Waals surface area contributed by atoms with E-state index in [-0.39, 0.29) is 0 Å². The van der Waals surface area contributed by atoms with E-state index in [0.717, 1.165) is 0 Å². The van der Waals surface area contributed by atoms with Crippen molar-refractivity contribution in [2.75, 3.05) is 11.9 Å². The molecular weight excluding hydrogens is 208 g/mol. The van der Waals surface area contributed by atoms with E-state index in [1.165, 1.54) is 16.8 Å². The maximum atomic E-state index is 5.84. The summed E-state index contributed by atoms with van der Waals surface area (Å²) in [4.78, 5) is 0. The minimum atomic E-state index is 0.341. The van der Waals surface area contributed by atoms with Crippen molar-refractivity contribution in [3.63, 3.8) is 0 Å². The van der Waals surface area contributed by atoms with Crippen molar-refractivity contribution in [2.45, 2.75) is 46.6 Å². The molecule has 0 aliphatic rings. The van der Waals surface area contributed by atoms with Gasteiger partial charge in [0.25, 0.3) is 0 Å². The van der Waals surface area contributed by atoms with Crippen molar-refractivity contribution >= 4 is 5.69 Å². The number of aryl methyl sites for hydroxylation is 1. The lowest BCUT2D eigenvalue weighted by molar-refractivity contribution is 0.530. The van der Waals surface area contributed by atoms with Crippen LogP contribution in [-0.2, 0) is 0 Å². The Labute approximate surface area is 106 Å². The SMILES string of the molecule is Cc1cccc(C(C)C)c1NC(CN)C(C)C. The number of nitrogens with two attached hydrogens (primary N) is 1. The average molecular weight is 234 g/mol. The highest BCUT2D eigenvalue weighted by molar-refractivity contribution is 5.59. The maximum absolute atomic E-state index is 5.84. The van der Waals surface area contributed by atoms with E-state index < -0.39 is 0 Å². The van der Waals surface area contributed by atoms with Crippen molar-refractivity contribution in [3.05, 3.63) is 29.3 Å². The first kappa shape index (κ1) is 14.0. The Morgan fingerprint density at radius 3 is 2.29 bits per heavy atom. The molecule has 1 rings (SSSR count). The highest BCUT2D eigenvalue weighted by Crippen LogP contribution is 2.28. The van der Waals surface area contributed by atoms with Gasteiger partial charge in [0.2, 0.25) is 0 Å². The summed E-state index contributed by atoms with van der Waals surface area (Å²) in [6, 6.07) is 6.83. The molecule has 0 saturated heterocycles. The van der Waals surface area contributed by atoms with Crippen LogP contribution in [-0.4, -0.2) is 12.6 Å². The topological polar surface area (TPSA) is 38.0 Å². The molecule has 1 aromatic rings. The summed E-state index contributed by atoms with van der Waals surface area (Å²) in [6.07, 6.45) is 0. The molecule has 0 fully saturated rings. The van der Waals surface area contributed by atoms with Crippen LogP contribution in [0.2, 0.25) is 0 Å². The largest absolute Gasteiger partial charge is 0.380 e. The van der Waals surface area contributed by atoms with Gasteiger partial charge in [-0.15, -0.1) is 0 Å². The Kier molecular flexibility index (Phi) is 5.01. The maximum Gasteiger partial charge on any atom is 0.0407 e. The Bertz CT molecular complexity index is 356. The van der Waals surface area contributed by atoms with Gasteiger partial charge in [-0.1, -0.05) is 45.9 Å². The first-order chi connectivity index (χ1) is 7.97. The zero-order valence-electron chi connectivity index (χ0n) is 11.7. The number of hydrogen-bond acceptors (Lipinski definition) is 2. The lowest BCUT2D eigenvalue weighted by Crippen LogP contribution is -2.34. The molecule has 0 aromatic heterocycles. The Hall–Kier alpha value is -1.02. The van der Waals surface area contributed by atoms with Crippen LogP contribution < -0.4 is 11.1 Å². The monoisotopic (exact) mass is 234 g/mol. The van der Waals surface area contributed by atoms with Crippen molar-refractivity contribution in [2.24, 2.45) is 11.7 Å². The van der Waals surface area contributed by atoms with Gasteiger partial charge in [-0.25, -0.2) is 0 Å². The van der Waals surface area contributed by atoms with Gasteiger partial charge in [0, 0.05) is 18.3 Å². The highest BCUT2D eigenvalue weighted by atomic mass is 14.9.